The zero-order chi connectivity index (χ0) is 17.5. The summed E-state index contributed by atoms with van der Waals surface area (Å²) in [6.45, 7) is 2.53. The SMILES string of the molecule is CCN(CC(=O)NCc1ccc(F)cc1)C(=O)c1ccc(Br)cc1. The van der Waals surface area contributed by atoms with Crippen molar-refractivity contribution in [1.29, 1.82) is 0 Å². The number of nitrogens with one attached hydrogen (secondary N) is 1. The van der Waals surface area contributed by atoms with E-state index in [-0.39, 0.29) is 24.2 Å². The van der Waals surface area contributed by atoms with Crippen molar-refractivity contribution in [2.75, 3.05) is 13.1 Å². The van der Waals surface area contributed by atoms with Crippen LogP contribution in [0.3, 0.4) is 0 Å². The van der Waals surface area contributed by atoms with Gasteiger partial charge in [-0.3, -0.25) is 9.59 Å². The first-order valence-corrected chi connectivity index (χ1v) is 8.35. The summed E-state index contributed by atoms with van der Waals surface area (Å²) >= 11 is 3.32. The highest BCUT2D eigenvalue weighted by atomic mass is 79.9. The smallest absolute Gasteiger partial charge is 0.254 e. The number of halogens is 2. The van der Waals surface area contributed by atoms with Gasteiger partial charge in [-0.1, -0.05) is 28.1 Å². The predicted octanol–water partition coefficient (Wildman–Crippen LogP) is 3.37. The normalized spacial score (nSPS) is 10.3. The van der Waals surface area contributed by atoms with Crippen LogP contribution in [0.4, 0.5) is 4.39 Å². The fourth-order valence-electron chi connectivity index (χ4n) is 2.13. The van der Waals surface area contributed by atoms with Crippen LogP contribution in [0.2, 0.25) is 0 Å². The predicted molar refractivity (Wildman–Crippen MR) is 94.0 cm³/mol. The highest BCUT2D eigenvalue weighted by molar-refractivity contribution is 9.10. The molecule has 24 heavy (non-hydrogen) atoms. The van der Waals surface area contributed by atoms with Crippen LogP contribution in [0.15, 0.2) is 53.0 Å². The van der Waals surface area contributed by atoms with E-state index in [9.17, 15) is 14.0 Å². The van der Waals surface area contributed by atoms with E-state index in [4.69, 9.17) is 0 Å². The van der Waals surface area contributed by atoms with Crippen molar-refractivity contribution in [3.63, 3.8) is 0 Å². The van der Waals surface area contributed by atoms with E-state index in [0.717, 1.165) is 10.0 Å². The van der Waals surface area contributed by atoms with Gasteiger partial charge in [0.15, 0.2) is 0 Å². The fraction of sp³-hybridized carbons (Fsp3) is 0.222. The van der Waals surface area contributed by atoms with Crippen molar-refractivity contribution >= 4 is 27.7 Å². The summed E-state index contributed by atoms with van der Waals surface area (Å²) in [5.74, 6) is -0.768. The Balaban J connectivity index is 1.91. The van der Waals surface area contributed by atoms with E-state index in [2.05, 4.69) is 21.2 Å². The third kappa shape index (κ3) is 5.16. The van der Waals surface area contributed by atoms with Crippen LogP contribution in [0.1, 0.15) is 22.8 Å². The lowest BCUT2D eigenvalue weighted by atomic mass is 10.2. The van der Waals surface area contributed by atoms with Gasteiger partial charge in [0.1, 0.15) is 5.82 Å². The topological polar surface area (TPSA) is 49.4 Å². The van der Waals surface area contributed by atoms with Crippen LogP contribution in [0, 0.1) is 5.82 Å². The number of nitrogens with zero attached hydrogens (tertiary/aromatic N) is 1. The molecule has 1 N–H and O–H groups in total. The van der Waals surface area contributed by atoms with Gasteiger partial charge in [0, 0.05) is 23.1 Å². The molecular formula is C18H18BrFN2O2. The molecule has 0 atom stereocenters. The molecule has 0 aliphatic rings. The molecule has 0 aliphatic heterocycles. The molecule has 0 heterocycles. The van der Waals surface area contributed by atoms with Crippen LogP contribution < -0.4 is 5.32 Å². The first-order valence-electron chi connectivity index (χ1n) is 7.55. The molecule has 0 spiro atoms. The Hall–Kier alpha value is -2.21. The summed E-state index contributed by atoms with van der Waals surface area (Å²) < 4.78 is 13.7. The van der Waals surface area contributed by atoms with E-state index in [1.165, 1.54) is 17.0 Å². The van der Waals surface area contributed by atoms with Gasteiger partial charge in [0.05, 0.1) is 6.54 Å². The number of carbonyl (C=O) groups is 2. The monoisotopic (exact) mass is 392 g/mol. The average Bonchev–Trinajstić information content (AvgIpc) is 2.59. The van der Waals surface area contributed by atoms with Gasteiger partial charge >= 0.3 is 0 Å². The number of carbonyl (C=O) groups excluding carboxylic acids is 2. The van der Waals surface area contributed by atoms with Crippen molar-refractivity contribution in [1.82, 2.24) is 10.2 Å². The van der Waals surface area contributed by atoms with E-state index in [1.807, 2.05) is 6.92 Å². The first-order chi connectivity index (χ1) is 11.5. The summed E-state index contributed by atoms with van der Waals surface area (Å²) in [6.07, 6.45) is 0. The van der Waals surface area contributed by atoms with Gasteiger partial charge in [0.25, 0.3) is 5.91 Å². The molecule has 0 saturated carbocycles. The quantitative estimate of drug-likeness (QED) is 0.818. The van der Waals surface area contributed by atoms with Crippen molar-refractivity contribution in [3.05, 3.63) is 69.9 Å². The van der Waals surface area contributed by atoms with Crippen LogP contribution in [-0.2, 0) is 11.3 Å². The number of likely N-dealkylation sites (N-methyl/N-ethyl adjacent to an activating group) is 1. The standard InChI is InChI=1S/C18H18BrFN2O2/c1-2-22(18(24)14-5-7-15(19)8-6-14)12-17(23)21-11-13-3-9-16(20)10-4-13/h3-10H,2,11-12H2,1H3,(H,21,23). The molecule has 0 radical (unpaired) electrons. The zero-order valence-corrected chi connectivity index (χ0v) is 14.8. The number of hydrogen-bond acceptors (Lipinski definition) is 2. The fourth-order valence-corrected chi connectivity index (χ4v) is 2.40. The summed E-state index contributed by atoms with van der Waals surface area (Å²) in [6, 6.07) is 12.9. The van der Waals surface area contributed by atoms with Crippen LogP contribution >= 0.6 is 15.9 Å². The summed E-state index contributed by atoms with van der Waals surface area (Å²) in [4.78, 5) is 26.0. The van der Waals surface area contributed by atoms with Crippen molar-refractivity contribution in [3.8, 4) is 0 Å². The van der Waals surface area contributed by atoms with Gasteiger partial charge in [-0.2, -0.15) is 0 Å². The maximum Gasteiger partial charge on any atom is 0.254 e. The molecule has 2 aromatic carbocycles. The second-order valence-electron chi connectivity index (χ2n) is 5.23. The van der Waals surface area contributed by atoms with Crippen LogP contribution in [0.25, 0.3) is 0 Å². The second-order valence-corrected chi connectivity index (χ2v) is 6.15. The first kappa shape index (κ1) is 18.1. The molecule has 0 fully saturated rings. The lowest BCUT2D eigenvalue weighted by molar-refractivity contribution is -0.121. The summed E-state index contributed by atoms with van der Waals surface area (Å²) in [5, 5.41) is 2.74. The molecule has 4 nitrogen and oxygen atoms in total. The molecule has 0 saturated heterocycles. The molecule has 0 aromatic heterocycles. The van der Waals surface area contributed by atoms with Gasteiger partial charge in [-0.05, 0) is 48.9 Å². The minimum absolute atomic E-state index is 0.0212. The van der Waals surface area contributed by atoms with Crippen LogP contribution in [0.5, 0.6) is 0 Å². The van der Waals surface area contributed by atoms with E-state index >= 15 is 0 Å². The van der Waals surface area contributed by atoms with Crippen molar-refractivity contribution < 1.29 is 14.0 Å². The van der Waals surface area contributed by atoms with E-state index in [1.54, 1.807) is 36.4 Å². The van der Waals surface area contributed by atoms with Crippen molar-refractivity contribution in [2.24, 2.45) is 0 Å². The molecule has 6 heteroatoms. The molecule has 126 valence electrons. The second kappa shape index (κ2) is 8.59. The highest BCUT2D eigenvalue weighted by Crippen LogP contribution is 2.12. The van der Waals surface area contributed by atoms with Crippen LogP contribution in [-0.4, -0.2) is 29.8 Å². The molecule has 2 rings (SSSR count). The third-order valence-electron chi connectivity index (χ3n) is 3.50. The maximum atomic E-state index is 12.8. The van der Waals surface area contributed by atoms with E-state index in [0.29, 0.717) is 18.7 Å². The maximum absolute atomic E-state index is 12.8. The van der Waals surface area contributed by atoms with Gasteiger partial charge in [0.2, 0.25) is 5.91 Å². The van der Waals surface area contributed by atoms with Crippen molar-refractivity contribution in [2.45, 2.75) is 13.5 Å². The molecule has 0 unspecified atom stereocenters. The highest BCUT2D eigenvalue weighted by Gasteiger charge is 2.17. The minimum atomic E-state index is -0.317. The molecule has 2 amide bonds. The Morgan fingerprint density at radius 1 is 1.08 bits per heavy atom. The molecule has 2 aromatic rings. The third-order valence-corrected chi connectivity index (χ3v) is 4.03. The lowest BCUT2D eigenvalue weighted by Crippen LogP contribution is -2.40. The molecule has 0 aliphatic carbocycles. The Bertz CT molecular complexity index is 702. The largest absolute Gasteiger partial charge is 0.350 e. The Labute approximate surface area is 148 Å². The summed E-state index contributed by atoms with van der Waals surface area (Å²) in [7, 11) is 0. The van der Waals surface area contributed by atoms with Gasteiger partial charge in [-0.25, -0.2) is 4.39 Å². The number of benzene rings is 2. The number of rotatable bonds is 6. The average molecular weight is 393 g/mol. The Morgan fingerprint density at radius 3 is 2.29 bits per heavy atom. The summed E-state index contributed by atoms with van der Waals surface area (Å²) in [5.41, 5.74) is 1.33. The number of hydrogen-bond donors (Lipinski definition) is 1. The molecule has 0 bridgehead atoms. The Morgan fingerprint density at radius 2 is 1.71 bits per heavy atom. The zero-order valence-electron chi connectivity index (χ0n) is 13.3. The van der Waals surface area contributed by atoms with Gasteiger partial charge < -0.3 is 10.2 Å². The minimum Gasteiger partial charge on any atom is -0.350 e. The molecular weight excluding hydrogens is 375 g/mol. The van der Waals surface area contributed by atoms with E-state index < -0.39 is 0 Å². The Kier molecular flexibility index (Phi) is 6.49. The lowest BCUT2D eigenvalue weighted by Gasteiger charge is -2.20. The number of amides is 2. The van der Waals surface area contributed by atoms with Gasteiger partial charge in [-0.15, -0.1) is 0 Å².